The summed E-state index contributed by atoms with van der Waals surface area (Å²) >= 11 is 1.75. The monoisotopic (exact) mass is 412 g/mol. The zero-order chi connectivity index (χ0) is 21.0. The summed E-state index contributed by atoms with van der Waals surface area (Å²) in [5.74, 6) is 0.179. The van der Waals surface area contributed by atoms with E-state index >= 15 is 0 Å². The summed E-state index contributed by atoms with van der Waals surface area (Å²) < 4.78 is 10.2. The van der Waals surface area contributed by atoms with Crippen LogP contribution in [0.2, 0.25) is 0 Å². The average molecular weight is 413 g/mol. The Hall–Kier alpha value is -2.93. The first-order valence-corrected chi connectivity index (χ1v) is 10.1. The van der Waals surface area contributed by atoms with Gasteiger partial charge in [0.25, 0.3) is 0 Å². The second kappa shape index (κ2) is 9.05. The maximum absolute atomic E-state index is 12.7. The van der Waals surface area contributed by atoms with E-state index in [9.17, 15) is 9.59 Å². The van der Waals surface area contributed by atoms with E-state index in [4.69, 9.17) is 9.47 Å². The van der Waals surface area contributed by atoms with Crippen LogP contribution in [0.4, 0.5) is 4.79 Å². The number of rotatable bonds is 6. The van der Waals surface area contributed by atoms with E-state index in [0.29, 0.717) is 27.8 Å². The van der Waals surface area contributed by atoms with Gasteiger partial charge in [0.15, 0.2) is 0 Å². The predicted molar refractivity (Wildman–Crippen MR) is 114 cm³/mol. The van der Waals surface area contributed by atoms with Gasteiger partial charge in [-0.25, -0.2) is 9.59 Å². The van der Waals surface area contributed by atoms with E-state index in [1.807, 2.05) is 24.3 Å². The van der Waals surface area contributed by atoms with Crippen LogP contribution in [0, 0.1) is 0 Å². The molecular weight excluding hydrogens is 388 g/mol. The number of ether oxygens (including phenoxy) is 2. The van der Waals surface area contributed by atoms with Gasteiger partial charge in [-0.2, -0.15) is 0 Å². The minimum atomic E-state index is -0.619. The third kappa shape index (κ3) is 4.74. The highest BCUT2D eigenvalue weighted by molar-refractivity contribution is 7.99. The lowest BCUT2D eigenvalue weighted by molar-refractivity contribution is -0.136. The molecule has 2 aromatic carbocycles. The minimum absolute atomic E-state index is 0.349. The van der Waals surface area contributed by atoms with Crippen molar-refractivity contribution in [2.75, 3.05) is 14.2 Å². The Kier molecular flexibility index (Phi) is 6.49. The fourth-order valence-corrected chi connectivity index (χ4v) is 3.98. The standard InChI is InChI=1S/C22H24N2O4S/c1-13(2)29-17-11-7-15(8-12-17)20-18(21(25)28-4)19(23-22(26)24-20)14-5-9-16(27-3)10-6-14/h5-13,20H,1-4H3,(H2,23,24,26). The van der Waals surface area contributed by atoms with Crippen LogP contribution in [0.15, 0.2) is 59.0 Å². The van der Waals surface area contributed by atoms with Crippen molar-refractivity contribution in [1.29, 1.82) is 0 Å². The molecule has 1 atom stereocenters. The van der Waals surface area contributed by atoms with E-state index < -0.39 is 12.0 Å². The van der Waals surface area contributed by atoms with Crippen LogP contribution in [0.5, 0.6) is 5.75 Å². The summed E-state index contributed by atoms with van der Waals surface area (Å²) in [4.78, 5) is 26.2. The minimum Gasteiger partial charge on any atom is -0.497 e. The van der Waals surface area contributed by atoms with Crippen molar-refractivity contribution in [3.05, 3.63) is 65.2 Å². The van der Waals surface area contributed by atoms with Gasteiger partial charge in [-0.1, -0.05) is 26.0 Å². The topological polar surface area (TPSA) is 76.7 Å². The Bertz CT molecular complexity index is 921. The molecule has 2 N–H and O–H groups in total. The lowest BCUT2D eigenvalue weighted by Gasteiger charge is -2.29. The fourth-order valence-electron chi connectivity index (χ4n) is 3.14. The van der Waals surface area contributed by atoms with Gasteiger partial charge in [-0.15, -0.1) is 11.8 Å². The normalized spacial score (nSPS) is 16.3. The van der Waals surface area contributed by atoms with Crippen molar-refractivity contribution < 1.29 is 19.1 Å². The Labute approximate surface area is 174 Å². The molecule has 0 bridgehead atoms. The molecule has 0 saturated heterocycles. The van der Waals surface area contributed by atoms with Crippen molar-refractivity contribution in [2.24, 2.45) is 0 Å². The van der Waals surface area contributed by atoms with Crippen LogP contribution in [0.1, 0.15) is 31.0 Å². The summed E-state index contributed by atoms with van der Waals surface area (Å²) in [5, 5.41) is 6.06. The smallest absolute Gasteiger partial charge is 0.338 e. The van der Waals surface area contributed by atoms with Gasteiger partial charge in [0.1, 0.15) is 5.75 Å². The van der Waals surface area contributed by atoms with Crippen LogP contribution in [0.25, 0.3) is 5.70 Å². The number of nitrogens with one attached hydrogen (secondary N) is 2. The molecule has 0 aromatic heterocycles. The van der Waals surface area contributed by atoms with E-state index in [1.54, 1.807) is 43.1 Å². The first-order valence-electron chi connectivity index (χ1n) is 9.24. The van der Waals surface area contributed by atoms with Crippen molar-refractivity contribution in [2.45, 2.75) is 30.0 Å². The fraction of sp³-hybridized carbons (Fsp3) is 0.273. The number of thioether (sulfide) groups is 1. The molecule has 0 fully saturated rings. The molecule has 1 aliphatic rings. The largest absolute Gasteiger partial charge is 0.497 e. The van der Waals surface area contributed by atoms with Crippen LogP contribution in [-0.2, 0) is 9.53 Å². The number of urea groups is 1. The Balaban J connectivity index is 2.06. The molecule has 2 aromatic rings. The first kappa shape index (κ1) is 20.8. The van der Waals surface area contributed by atoms with Crippen LogP contribution in [0.3, 0.4) is 0 Å². The van der Waals surface area contributed by atoms with Crippen molar-refractivity contribution in [3.8, 4) is 5.75 Å². The summed E-state index contributed by atoms with van der Waals surface area (Å²) in [7, 11) is 2.91. The van der Waals surface area contributed by atoms with Gasteiger partial charge < -0.3 is 20.1 Å². The predicted octanol–water partition coefficient (Wildman–Crippen LogP) is 4.13. The molecule has 0 spiro atoms. The van der Waals surface area contributed by atoms with Gasteiger partial charge in [-0.3, -0.25) is 0 Å². The molecule has 1 aliphatic heterocycles. The lowest BCUT2D eigenvalue weighted by atomic mass is 9.92. The number of hydrogen-bond donors (Lipinski definition) is 2. The van der Waals surface area contributed by atoms with E-state index in [1.165, 1.54) is 7.11 Å². The van der Waals surface area contributed by atoms with Crippen molar-refractivity contribution in [1.82, 2.24) is 10.6 Å². The van der Waals surface area contributed by atoms with Gasteiger partial charge in [0.2, 0.25) is 0 Å². The zero-order valence-corrected chi connectivity index (χ0v) is 17.6. The highest BCUT2D eigenvalue weighted by Gasteiger charge is 2.34. The van der Waals surface area contributed by atoms with Crippen molar-refractivity contribution in [3.63, 3.8) is 0 Å². The Morgan fingerprint density at radius 3 is 2.24 bits per heavy atom. The maximum atomic E-state index is 12.7. The van der Waals surface area contributed by atoms with Crippen LogP contribution >= 0.6 is 11.8 Å². The number of esters is 1. The number of carbonyl (C=O) groups is 2. The maximum Gasteiger partial charge on any atom is 0.338 e. The SMILES string of the molecule is COC(=O)C1=C(c2ccc(OC)cc2)NC(=O)NC1c1ccc(SC(C)C)cc1. The zero-order valence-electron chi connectivity index (χ0n) is 16.8. The second-order valence-electron chi connectivity index (χ2n) is 6.78. The summed E-state index contributed by atoms with van der Waals surface area (Å²) in [6.07, 6.45) is 0. The number of amides is 2. The molecular formula is C22H24N2O4S. The third-order valence-electron chi connectivity index (χ3n) is 4.44. The molecule has 1 unspecified atom stereocenters. The molecule has 2 amide bonds. The van der Waals surface area contributed by atoms with Gasteiger partial charge in [0.05, 0.1) is 31.5 Å². The number of benzene rings is 2. The molecule has 1 heterocycles. The molecule has 6 nitrogen and oxygen atoms in total. The molecule has 0 radical (unpaired) electrons. The number of carbonyl (C=O) groups excluding carboxylic acids is 2. The van der Waals surface area contributed by atoms with E-state index in [0.717, 1.165) is 10.5 Å². The van der Waals surface area contributed by atoms with E-state index in [2.05, 4.69) is 24.5 Å². The van der Waals surface area contributed by atoms with Crippen LogP contribution in [-0.4, -0.2) is 31.5 Å². The molecule has 0 aliphatic carbocycles. The van der Waals surface area contributed by atoms with Crippen molar-refractivity contribution >= 4 is 29.5 Å². The molecule has 0 saturated carbocycles. The molecule has 152 valence electrons. The number of hydrogen-bond acceptors (Lipinski definition) is 5. The van der Waals surface area contributed by atoms with Gasteiger partial charge in [0, 0.05) is 10.1 Å². The summed E-state index contributed by atoms with van der Waals surface area (Å²) in [5.41, 5.74) is 2.27. The number of methoxy groups -OCH3 is 2. The van der Waals surface area contributed by atoms with Gasteiger partial charge in [-0.05, 0) is 47.5 Å². The lowest BCUT2D eigenvalue weighted by Crippen LogP contribution is -2.45. The Morgan fingerprint density at radius 2 is 1.69 bits per heavy atom. The first-order chi connectivity index (χ1) is 13.9. The molecule has 7 heteroatoms. The molecule has 29 heavy (non-hydrogen) atoms. The third-order valence-corrected chi connectivity index (χ3v) is 5.46. The molecule has 3 rings (SSSR count). The summed E-state index contributed by atoms with van der Waals surface area (Å²) in [6, 6.07) is 14.0. The highest BCUT2D eigenvalue weighted by atomic mass is 32.2. The second-order valence-corrected chi connectivity index (χ2v) is 8.43. The van der Waals surface area contributed by atoms with Crippen LogP contribution < -0.4 is 15.4 Å². The highest BCUT2D eigenvalue weighted by Crippen LogP contribution is 2.33. The Morgan fingerprint density at radius 1 is 1.03 bits per heavy atom. The quantitative estimate of drug-likeness (QED) is 0.551. The summed E-state index contributed by atoms with van der Waals surface area (Å²) in [6.45, 7) is 4.26. The average Bonchev–Trinajstić information content (AvgIpc) is 2.72. The van der Waals surface area contributed by atoms with Gasteiger partial charge >= 0.3 is 12.0 Å². The van der Waals surface area contributed by atoms with E-state index in [-0.39, 0.29) is 6.03 Å².